The van der Waals surface area contributed by atoms with Crippen molar-refractivity contribution in [1.29, 1.82) is 0 Å². The van der Waals surface area contributed by atoms with Gasteiger partial charge in [-0.1, -0.05) is 11.6 Å². The third-order valence-electron chi connectivity index (χ3n) is 4.64. The fourth-order valence-electron chi connectivity index (χ4n) is 3.19. The van der Waals surface area contributed by atoms with Crippen LogP contribution in [0.15, 0.2) is 51.4 Å². The molecule has 32 heavy (non-hydrogen) atoms. The van der Waals surface area contributed by atoms with Crippen molar-refractivity contribution >= 4 is 39.8 Å². The smallest absolute Gasteiger partial charge is 0.346 e. The Morgan fingerprint density at radius 1 is 1.25 bits per heavy atom. The van der Waals surface area contributed by atoms with Crippen LogP contribution in [-0.4, -0.2) is 27.7 Å². The normalized spacial score (nSPS) is 11.0. The molecule has 8 nitrogen and oxygen atoms in total. The number of ether oxygens (including phenoxy) is 2. The van der Waals surface area contributed by atoms with E-state index in [9.17, 15) is 23.9 Å². The molecular weight excluding hydrogens is 463 g/mol. The zero-order valence-corrected chi connectivity index (χ0v) is 17.9. The summed E-state index contributed by atoms with van der Waals surface area (Å²) >= 11 is 6.80. The number of nitrogens with zero attached hydrogens (tertiary/aromatic N) is 1. The van der Waals surface area contributed by atoms with Crippen LogP contribution in [0.3, 0.4) is 0 Å². The van der Waals surface area contributed by atoms with E-state index in [1.807, 2.05) is 0 Å². The lowest BCUT2D eigenvalue weighted by molar-refractivity contribution is 0.0704. The fourth-order valence-corrected chi connectivity index (χ4v) is 4.21. The van der Waals surface area contributed by atoms with Crippen molar-refractivity contribution in [2.24, 2.45) is 0 Å². The van der Waals surface area contributed by atoms with E-state index in [4.69, 9.17) is 21.1 Å². The van der Waals surface area contributed by atoms with Gasteiger partial charge in [-0.05, 0) is 30.3 Å². The Morgan fingerprint density at radius 3 is 2.75 bits per heavy atom. The van der Waals surface area contributed by atoms with Crippen molar-refractivity contribution in [2.45, 2.75) is 6.61 Å². The molecule has 2 heterocycles. The number of halogens is 2. The quantitative estimate of drug-likeness (QED) is 0.437. The first-order chi connectivity index (χ1) is 15.3. The molecule has 164 valence electrons. The predicted molar refractivity (Wildman–Crippen MR) is 117 cm³/mol. The van der Waals surface area contributed by atoms with Gasteiger partial charge >= 0.3 is 11.7 Å². The minimum Gasteiger partial charge on any atom is -0.496 e. The SMILES string of the molecule is COc1ccc(Cl)cc1COc1ccc(F)c(-n2c(=O)[nH]c3csc(C(=O)O)c3c2=O)c1. The summed E-state index contributed by atoms with van der Waals surface area (Å²) < 4.78 is 26.1. The molecular formula is C21H14ClFN2O6S. The second-order valence-electron chi connectivity index (χ2n) is 6.59. The number of hydrogen-bond acceptors (Lipinski definition) is 6. The van der Waals surface area contributed by atoms with Crippen molar-refractivity contribution < 1.29 is 23.8 Å². The van der Waals surface area contributed by atoms with Gasteiger partial charge in [0.15, 0.2) is 0 Å². The summed E-state index contributed by atoms with van der Waals surface area (Å²) in [6, 6.07) is 8.54. The maximum atomic E-state index is 14.6. The maximum Gasteiger partial charge on any atom is 0.346 e. The second kappa shape index (κ2) is 8.48. The van der Waals surface area contributed by atoms with Crippen molar-refractivity contribution in [3.8, 4) is 17.2 Å². The number of carbonyl (C=O) groups is 1. The molecule has 2 aromatic heterocycles. The Bertz CT molecular complexity index is 1480. The molecule has 0 amide bonds. The summed E-state index contributed by atoms with van der Waals surface area (Å²) in [7, 11) is 1.49. The summed E-state index contributed by atoms with van der Waals surface area (Å²) in [5, 5.41) is 10.9. The van der Waals surface area contributed by atoms with Gasteiger partial charge in [0.25, 0.3) is 5.56 Å². The number of rotatable bonds is 6. The number of nitrogens with one attached hydrogen (secondary N) is 1. The molecule has 0 aliphatic rings. The third-order valence-corrected chi connectivity index (χ3v) is 5.85. The highest BCUT2D eigenvalue weighted by Crippen LogP contribution is 2.26. The molecule has 4 rings (SSSR count). The molecule has 0 saturated heterocycles. The summed E-state index contributed by atoms with van der Waals surface area (Å²) in [5.74, 6) is -1.49. The van der Waals surface area contributed by atoms with Gasteiger partial charge in [0.1, 0.15) is 28.8 Å². The third kappa shape index (κ3) is 3.85. The molecule has 2 N–H and O–H groups in total. The number of aromatic amines is 1. The number of H-pyrrole nitrogens is 1. The average molecular weight is 477 g/mol. The number of aromatic nitrogens is 2. The van der Waals surface area contributed by atoms with Gasteiger partial charge in [0, 0.05) is 22.0 Å². The number of methoxy groups -OCH3 is 1. The second-order valence-corrected chi connectivity index (χ2v) is 7.90. The first-order valence-electron chi connectivity index (χ1n) is 9.05. The van der Waals surface area contributed by atoms with E-state index >= 15 is 0 Å². The van der Waals surface area contributed by atoms with Crippen LogP contribution in [-0.2, 0) is 6.61 Å². The Hall–Kier alpha value is -3.63. The topological polar surface area (TPSA) is 111 Å². The first-order valence-corrected chi connectivity index (χ1v) is 10.3. The Labute approximate surface area is 188 Å². The van der Waals surface area contributed by atoms with Crippen molar-refractivity contribution in [2.75, 3.05) is 7.11 Å². The Balaban J connectivity index is 1.77. The monoisotopic (exact) mass is 476 g/mol. The highest BCUT2D eigenvalue weighted by atomic mass is 35.5. The van der Waals surface area contributed by atoms with Crippen molar-refractivity contribution in [3.05, 3.63) is 83.9 Å². The molecule has 0 aliphatic carbocycles. The van der Waals surface area contributed by atoms with E-state index in [-0.39, 0.29) is 33.8 Å². The number of fused-ring (bicyclic) bond motifs is 1. The van der Waals surface area contributed by atoms with E-state index in [0.717, 1.165) is 17.4 Å². The molecule has 2 aromatic carbocycles. The van der Waals surface area contributed by atoms with Crippen LogP contribution in [0.25, 0.3) is 16.6 Å². The molecule has 0 spiro atoms. The van der Waals surface area contributed by atoms with E-state index < -0.39 is 23.0 Å². The highest BCUT2D eigenvalue weighted by Gasteiger charge is 2.20. The molecule has 0 unspecified atom stereocenters. The van der Waals surface area contributed by atoms with Crippen LogP contribution < -0.4 is 20.7 Å². The van der Waals surface area contributed by atoms with Crippen LogP contribution in [0.1, 0.15) is 15.2 Å². The lowest BCUT2D eigenvalue weighted by Crippen LogP contribution is -2.34. The summed E-state index contributed by atoms with van der Waals surface area (Å²) in [5.41, 5.74) is -1.54. The van der Waals surface area contributed by atoms with E-state index in [1.165, 1.54) is 24.6 Å². The molecule has 0 atom stereocenters. The van der Waals surface area contributed by atoms with Crippen LogP contribution in [0.2, 0.25) is 5.02 Å². The van der Waals surface area contributed by atoms with Gasteiger partial charge in [-0.15, -0.1) is 11.3 Å². The molecule has 0 fully saturated rings. The zero-order chi connectivity index (χ0) is 23.0. The van der Waals surface area contributed by atoms with Crippen molar-refractivity contribution in [3.63, 3.8) is 0 Å². The Kier molecular flexibility index (Phi) is 5.72. The summed E-state index contributed by atoms with van der Waals surface area (Å²) in [6.07, 6.45) is 0. The van der Waals surface area contributed by atoms with Crippen molar-refractivity contribution in [1.82, 2.24) is 9.55 Å². The van der Waals surface area contributed by atoms with Gasteiger partial charge in [0.05, 0.1) is 23.7 Å². The molecule has 11 heteroatoms. The number of hydrogen-bond donors (Lipinski definition) is 2. The lowest BCUT2D eigenvalue weighted by Gasteiger charge is -2.12. The maximum absolute atomic E-state index is 14.6. The van der Waals surface area contributed by atoms with Gasteiger partial charge in [-0.3, -0.25) is 4.79 Å². The molecule has 0 saturated carbocycles. The number of thiophene rings is 1. The Morgan fingerprint density at radius 2 is 2.03 bits per heavy atom. The lowest BCUT2D eigenvalue weighted by atomic mass is 10.2. The number of carboxylic acids is 1. The standard InChI is InChI=1S/C21H14ClFN2O6S/c1-30-16-5-2-11(22)6-10(16)8-31-12-3-4-13(23)15(7-12)25-19(26)17-14(24-21(25)29)9-32-18(17)20(27)28/h2-7,9H,8H2,1H3,(H,24,29)(H,27,28). The predicted octanol–water partition coefficient (Wildman–Crippen LogP) is 3.82. The minimum absolute atomic E-state index is 0.0206. The summed E-state index contributed by atoms with van der Waals surface area (Å²) in [6.45, 7) is 0.0206. The van der Waals surface area contributed by atoms with Gasteiger partial charge < -0.3 is 19.6 Å². The molecule has 0 bridgehead atoms. The minimum atomic E-state index is -1.33. The van der Waals surface area contributed by atoms with Crippen LogP contribution in [0, 0.1) is 5.82 Å². The van der Waals surface area contributed by atoms with E-state index in [2.05, 4.69) is 4.98 Å². The molecule has 4 aromatic rings. The first kappa shape index (κ1) is 21.6. The van der Waals surface area contributed by atoms with Gasteiger partial charge in [-0.2, -0.15) is 0 Å². The number of aromatic carboxylic acids is 1. The fraction of sp³-hybridized carbons (Fsp3) is 0.0952. The molecule has 0 radical (unpaired) electrons. The van der Waals surface area contributed by atoms with Gasteiger partial charge in [0.2, 0.25) is 0 Å². The zero-order valence-electron chi connectivity index (χ0n) is 16.3. The van der Waals surface area contributed by atoms with Gasteiger partial charge in [-0.25, -0.2) is 18.5 Å². The van der Waals surface area contributed by atoms with E-state index in [0.29, 0.717) is 20.9 Å². The van der Waals surface area contributed by atoms with Crippen LogP contribution in [0.5, 0.6) is 11.5 Å². The van der Waals surface area contributed by atoms with Crippen LogP contribution >= 0.6 is 22.9 Å². The summed E-state index contributed by atoms with van der Waals surface area (Å²) in [4.78, 5) is 39.1. The average Bonchev–Trinajstić information content (AvgIpc) is 3.18. The number of benzene rings is 2. The number of carboxylic acid groups (broad SMARTS) is 1. The van der Waals surface area contributed by atoms with E-state index in [1.54, 1.807) is 18.2 Å². The molecule has 0 aliphatic heterocycles. The highest BCUT2D eigenvalue weighted by molar-refractivity contribution is 7.13. The largest absolute Gasteiger partial charge is 0.496 e. The van der Waals surface area contributed by atoms with Crippen LogP contribution in [0.4, 0.5) is 4.39 Å².